The van der Waals surface area contributed by atoms with Gasteiger partial charge in [-0.2, -0.15) is 5.26 Å². The fourth-order valence-electron chi connectivity index (χ4n) is 2.27. The Balaban J connectivity index is 2.13. The van der Waals surface area contributed by atoms with Gasteiger partial charge in [-0.1, -0.05) is 18.2 Å². The number of para-hydroxylation sites is 1. The van der Waals surface area contributed by atoms with Crippen LogP contribution in [0.3, 0.4) is 0 Å². The van der Waals surface area contributed by atoms with Gasteiger partial charge in [-0.15, -0.1) is 0 Å². The Hall–Kier alpha value is -2.93. The number of nitrogens with one attached hydrogen (secondary N) is 1. The molecule has 4 heteroatoms. The molecule has 21 heavy (non-hydrogen) atoms. The molecule has 0 radical (unpaired) electrons. The van der Waals surface area contributed by atoms with Crippen LogP contribution in [0, 0.1) is 24.1 Å². The number of hydrogen-bond acceptors (Lipinski definition) is 3. The van der Waals surface area contributed by atoms with Gasteiger partial charge in [0.1, 0.15) is 17.7 Å². The Kier molecular flexibility index (Phi) is 3.25. The number of aromatic nitrogens is 1. The van der Waals surface area contributed by atoms with Gasteiger partial charge in [-0.3, -0.25) is 0 Å². The zero-order valence-electron chi connectivity index (χ0n) is 11.4. The molecule has 0 fully saturated rings. The molecule has 1 aromatic heterocycles. The molecule has 0 atom stereocenters. The zero-order valence-corrected chi connectivity index (χ0v) is 11.4. The van der Waals surface area contributed by atoms with Gasteiger partial charge in [0.15, 0.2) is 0 Å². The van der Waals surface area contributed by atoms with E-state index in [1.54, 1.807) is 12.1 Å². The van der Waals surface area contributed by atoms with Gasteiger partial charge >= 0.3 is 0 Å². The summed E-state index contributed by atoms with van der Waals surface area (Å²) in [4.78, 5) is 4.50. The monoisotopic (exact) mass is 277 g/mol. The summed E-state index contributed by atoms with van der Waals surface area (Å²) < 4.78 is 12.9. The summed E-state index contributed by atoms with van der Waals surface area (Å²) in [5.74, 6) is 0.184. The van der Waals surface area contributed by atoms with Crippen molar-refractivity contribution in [1.82, 2.24) is 4.98 Å². The lowest BCUT2D eigenvalue weighted by Gasteiger charge is -2.11. The molecule has 3 nitrogen and oxygen atoms in total. The minimum absolute atomic E-state index is 0.302. The van der Waals surface area contributed by atoms with Crippen LogP contribution in [-0.4, -0.2) is 4.98 Å². The summed E-state index contributed by atoms with van der Waals surface area (Å²) in [6, 6.07) is 15.8. The molecule has 0 spiro atoms. The Morgan fingerprint density at radius 3 is 2.52 bits per heavy atom. The van der Waals surface area contributed by atoms with Gasteiger partial charge in [-0.25, -0.2) is 9.37 Å². The number of halogens is 1. The molecule has 3 rings (SSSR count). The maximum absolute atomic E-state index is 12.9. The highest BCUT2D eigenvalue weighted by Gasteiger charge is 2.11. The van der Waals surface area contributed by atoms with Crippen molar-refractivity contribution in [3.63, 3.8) is 0 Å². The second-order valence-electron chi connectivity index (χ2n) is 4.72. The Labute approximate surface area is 121 Å². The highest BCUT2D eigenvalue weighted by Crippen LogP contribution is 2.27. The summed E-state index contributed by atoms with van der Waals surface area (Å²) in [7, 11) is 0. The first-order chi connectivity index (χ1) is 10.2. The van der Waals surface area contributed by atoms with Crippen LogP contribution in [0.2, 0.25) is 0 Å². The number of rotatable bonds is 2. The van der Waals surface area contributed by atoms with Gasteiger partial charge in [0, 0.05) is 11.1 Å². The van der Waals surface area contributed by atoms with Crippen LogP contribution in [-0.2, 0) is 0 Å². The average molecular weight is 277 g/mol. The van der Waals surface area contributed by atoms with Gasteiger partial charge in [0.25, 0.3) is 0 Å². The first-order valence-electron chi connectivity index (χ1n) is 6.51. The molecular weight excluding hydrogens is 265 g/mol. The number of fused-ring (bicyclic) bond motifs is 1. The molecule has 0 aliphatic carbocycles. The Morgan fingerprint density at radius 1 is 1.10 bits per heavy atom. The minimum Gasteiger partial charge on any atom is -0.339 e. The predicted molar refractivity (Wildman–Crippen MR) is 80.9 cm³/mol. The number of anilines is 2. The summed E-state index contributed by atoms with van der Waals surface area (Å²) in [5.41, 5.74) is 2.89. The standard InChI is InChI=1S/C17H12FN3/c1-11-14-4-2-3-5-16(14)21-17(15(11)10-19)20-13-8-6-12(18)7-9-13/h2-9H,1H3,(H,20,21). The van der Waals surface area contributed by atoms with E-state index in [1.807, 2.05) is 31.2 Å². The van der Waals surface area contributed by atoms with E-state index in [0.29, 0.717) is 17.1 Å². The molecule has 0 aliphatic heterocycles. The minimum atomic E-state index is -0.302. The van der Waals surface area contributed by atoms with Crippen molar-refractivity contribution in [2.45, 2.75) is 6.92 Å². The van der Waals surface area contributed by atoms with Crippen LogP contribution in [0.15, 0.2) is 48.5 Å². The number of pyridine rings is 1. The second kappa shape index (κ2) is 5.22. The molecule has 102 valence electrons. The van der Waals surface area contributed by atoms with Crippen LogP contribution < -0.4 is 5.32 Å². The molecular formula is C17H12FN3. The largest absolute Gasteiger partial charge is 0.339 e. The van der Waals surface area contributed by atoms with E-state index in [1.165, 1.54) is 12.1 Å². The van der Waals surface area contributed by atoms with E-state index in [9.17, 15) is 9.65 Å². The molecule has 0 unspecified atom stereocenters. The number of benzene rings is 2. The van der Waals surface area contributed by atoms with Crippen molar-refractivity contribution >= 4 is 22.4 Å². The highest BCUT2D eigenvalue weighted by atomic mass is 19.1. The van der Waals surface area contributed by atoms with E-state index in [0.717, 1.165) is 16.5 Å². The molecule has 1 heterocycles. The van der Waals surface area contributed by atoms with Crippen LogP contribution in [0.1, 0.15) is 11.1 Å². The third-order valence-corrected chi connectivity index (χ3v) is 3.37. The van der Waals surface area contributed by atoms with Gasteiger partial charge < -0.3 is 5.32 Å². The van der Waals surface area contributed by atoms with Gasteiger partial charge in [-0.05, 0) is 42.8 Å². The number of aryl methyl sites for hydroxylation is 1. The molecule has 2 aromatic carbocycles. The van der Waals surface area contributed by atoms with Gasteiger partial charge in [0.05, 0.1) is 11.1 Å². The molecule has 0 amide bonds. The Bertz CT molecular complexity index is 848. The van der Waals surface area contributed by atoms with Crippen molar-refractivity contribution in [1.29, 1.82) is 5.26 Å². The van der Waals surface area contributed by atoms with E-state index < -0.39 is 0 Å². The van der Waals surface area contributed by atoms with Gasteiger partial charge in [0.2, 0.25) is 0 Å². The third-order valence-electron chi connectivity index (χ3n) is 3.37. The van der Waals surface area contributed by atoms with Crippen molar-refractivity contribution in [2.24, 2.45) is 0 Å². The molecule has 3 aromatic rings. The lowest BCUT2D eigenvalue weighted by atomic mass is 10.0. The van der Waals surface area contributed by atoms with Crippen LogP contribution in [0.25, 0.3) is 10.9 Å². The lowest BCUT2D eigenvalue weighted by molar-refractivity contribution is 0.628. The third kappa shape index (κ3) is 2.41. The fourth-order valence-corrected chi connectivity index (χ4v) is 2.27. The van der Waals surface area contributed by atoms with Crippen molar-refractivity contribution in [3.8, 4) is 6.07 Å². The van der Waals surface area contributed by atoms with E-state index in [-0.39, 0.29) is 5.82 Å². The summed E-state index contributed by atoms with van der Waals surface area (Å²) in [6.45, 7) is 1.90. The summed E-state index contributed by atoms with van der Waals surface area (Å²) in [5, 5.41) is 13.4. The fraction of sp³-hybridized carbons (Fsp3) is 0.0588. The maximum atomic E-state index is 12.9. The van der Waals surface area contributed by atoms with E-state index in [2.05, 4.69) is 16.4 Å². The first-order valence-corrected chi connectivity index (χ1v) is 6.51. The van der Waals surface area contributed by atoms with Crippen molar-refractivity contribution < 1.29 is 4.39 Å². The predicted octanol–water partition coefficient (Wildman–Crippen LogP) is 4.30. The number of hydrogen-bond donors (Lipinski definition) is 1. The quantitative estimate of drug-likeness (QED) is 0.759. The second-order valence-corrected chi connectivity index (χ2v) is 4.72. The molecule has 1 N–H and O–H groups in total. The van der Waals surface area contributed by atoms with Crippen molar-refractivity contribution in [3.05, 3.63) is 65.5 Å². The Morgan fingerprint density at radius 2 is 1.81 bits per heavy atom. The smallest absolute Gasteiger partial charge is 0.149 e. The molecule has 0 saturated carbocycles. The van der Waals surface area contributed by atoms with E-state index in [4.69, 9.17) is 0 Å². The molecule has 0 aliphatic rings. The molecule has 0 bridgehead atoms. The summed E-state index contributed by atoms with van der Waals surface area (Å²) in [6.07, 6.45) is 0. The maximum Gasteiger partial charge on any atom is 0.149 e. The first kappa shape index (κ1) is 13.1. The lowest BCUT2D eigenvalue weighted by Crippen LogP contribution is -2.00. The normalized spacial score (nSPS) is 10.3. The SMILES string of the molecule is Cc1c(C#N)c(Nc2ccc(F)cc2)nc2ccccc12. The van der Waals surface area contributed by atoms with Crippen LogP contribution in [0.5, 0.6) is 0 Å². The van der Waals surface area contributed by atoms with Crippen molar-refractivity contribution in [2.75, 3.05) is 5.32 Å². The zero-order chi connectivity index (χ0) is 14.8. The molecule has 0 saturated heterocycles. The van der Waals surface area contributed by atoms with Crippen LogP contribution >= 0.6 is 0 Å². The highest BCUT2D eigenvalue weighted by molar-refractivity contribution is 5.87. The topological polar surface area (TPSA) is 48.7 Å². The average Bonchev–Trinajstić information content (AvgIpc) is 2.50. The number of nitrogens with zero attached hydrogens (tertiary/aromatic N) is 2. The van der Waals surface area contributed by atoms with E-state index >= 15 is 0 Å². The van der Waals surface area contributed by atoms with Crippen LogP contribution in [0.4, 0.5) is 15.9 Å². The summed E-state index contributed by atoms with van der Waals surface area (Å²) >= 11 is 0. The number of nitriles is 1.